The first-order valence-electron chi connectivity index (χ1n) is 13.0. The molecule has 1 amide bonds. The van der Waals surface area contributed by atoms with Crippen LogP contribution in [0.25, 0.3) is 22.3 Å². The summed E-state index contributed by atoms with van der Waals surface area (Å²) < 4.78 is 82.5. The van der Waals surface area contributed by atoms with Crippen molar-refractivity contribution < 1.29 is 41.1 Å². The average Bonchev–Trinajstić information content (AvgIpc) is 3.65. The maximum absolute atomic E-state index is 15.4. The SMILES string of the molecule is Nc1ncnc2c1c(-c1ccc(Oc3c(F)c(F)cc(F)c3F)cc1F)nn2C1CCN(C(=O)Oc2ccc([N+](=O)[O-])cc2)C1. The number of rotatable bonds is 6. The third-order valence-electron chi connectivity index (χ3n) is 7.03. The van der Waals surface area contributed by atoms with E-state index in [-0.39, 0.29) is 58.7 Å². The van der Waals surface area contributed by atoms with E-state index in [1.807, 2.05) is 0 Å². The van der Waals surface area contributed by atoms with Crippen LogP contribution in [0.3, 0.4) is 0 Å². The lowest BCUT2D eigenvalue weighted by molar-refractivity contribution is -0.384. The minimum atomic E-state index is -1.80. The van der Waals surface area contributed by atoms with Gasteiger partial charge >= 0.3 is 6.09 Å². The van der Waals surface area contributed by atoms with Gasteiger partial charge in [-0.15, -0.1) is 0 Å². The number of halogens is 5. The molecular formula is C28H18F5N7O5. The maximum Gasteiger partial charge on any atom is 0.415 e. The normalized spacial score (nSPS) is 14.6. The van der Waals surface area contributed by atoms with Crippen molar-refractivity contribution >= 4 is 28.6 Å². The monoisotopic (exact) mass is 627 g/mol. The molecule has 1 aliphatic rings. The quantitative estimate of drug-likeness (QED) is 0.105. The largest absolute Gasteiger partial charge is 0.451 e. The molecule has 17 heteroatoms. The number of likely N-dealkylation sites (tertiary alicyclic amines) is 1. The van der Waals surface area contributed by atoms with Crippen LogP contribution in [0.5, 0.6) is 17.2 Å². The highest BCUT2D eigenvalue weighted by molar-refractivity contribution is 5.98. The van der Waals surface area contributed by atoms with Crippen molar-refractivity contribution in [1.82, 2.24) is 24.6 Å². The highest BCUT2D eigenvalue weighted by Crippen LogP contribution is 2.37. The van der Waals surface area contributed by atoms with Gasteiger partial charge in [0.2, 0.25) is 17.4 Å². The van der Waals surface area contributed by atoms with E-state index < -0.39 is 57.6 Å². The van der Waals surface area contributed by atoms with Crippen LogP contribution < -0.4 is 15.2 Å². The number of amides is 1. The number of carbonyl (C=O) groups is 1. The molecule has 1 fully saturated rings. The first-order chi connectivity index (χ1) is 21.5. The Morgan fingerprint density at radius 1 is 0.956 bits per heavy atom. The van der Waals surface area contributed by atoms with Gasteiger partial charge in [-0.2, -0.15) is 13.9 Å². The Morgan fingerprint density at radius 2 is 1.64 bits per heavy atom. The van der Waals surface area contributed by atoms with Crippen LogP contribution in [0.1, 0.15) is 12.5 Å². The fourth-order valence-electron chi connectivity index (χ4n) is 4.86. The molecule has 2 N–H and O–H groups in total. The first kappa shape index (κ1) is 29.2. The second kappa shape index (κ2) is 11.3. The summed E-state index contributed by atoms with van der Waals surface area (Å²) in [5, 5.41) is 15.6. The van der Waals surface area contributed by atoms with Crippen molar-refractivity contribution in [2.24, 2.45) is 0 Å². The lowest BCUT2D eigenvalue weighted by Gasteiger charge is -2.16. The number of benzene rings is 3. The molecule has 45 heavy (non-hydrogen) atoms. The van der Waals surface area contributed by atoms with E-state index in [2.05, 4.69) is 15.1 Å². The van der Waals surface area contributed by atoms with Crippen molar-refractivity contribution in [2.45, 2.75) is 12.5 Å². The van der Waals surface area contributed by atoms with Crippen molar-refractivity contribution in [2.75, 3.05) is 18.8 Å². The summed E-state index contributed by atoms with van der Waals surface area (Å²) in [4.78, 5) is 32.7. The van der Waals surface area contributed by atoms with Crippen LogP contribution >= 0.6 is 0 Å². The second-order valence-electron chi connectivity index (χ2n) is 9.80. The van der Waals surface area contributed by atoms with Gasteiger partial charge in [-0.3, -0.25) is 10.1 Å². The predicted molar refractivity (Wildman–Crippen MR) is 146 cm³/mol. The van der Waals surface area contributed by atoms with Crippen LogP contribution in [0.4, 0.5) is 38.3 Å². The Bertz CT molecular complexity index is 1960. The Balaban J connectivity index is 1.27. The third kappa shape index (κ3) is 5.39. The lowest BCUT2D eigenvalue weighted by Crippen LogP contribution is -2.31. The van der Waals surface area contributed by atoms with Crippen LogP contribution in [0.2, 0.25) is 0 Å². The standard InChI is InChI=1S/C28H18F5N7O5/c29-18-9-16(44-25-22(32)19(30)10-20(31)23(25)33)5-6-17(18)24-21-26(34)35-12-36-27(21)39(37-24)14-7-8-38(11-14)28(41)45-15-3-1-13(2-4-15)40(42)43/h1-6,9-10,12,14H,7-8,11H2,(H2,34,35,36). The molecule has 3 aromatic carbocycles. The number of nitrogens with zero attached hydrogens (tertiary/aromatic N) is 6. The summed E-state index contributed by atoms with van der Waals surface area (Å²) in [5.41, 5.74) is 6.05. The molecule has 230 valence electrons. The van der Waals surface area contributed by atoms with Crippen LogP contribution in [-0.2, 0) is 0 Å². The number of nitro benzene ring substituents is 1. The molecule has 0 spiro atoms. The third-order valence-corrected chi connectivity index (χ3v) is 7.03. The number of ether oxygens (including phenoxy) is 2. The summed E-state index contributed by atoms with van der Waals surface area (Å²) in [6.45, 7) is 0.366. The Morgan fingerprint density at radius 3 is 2.31 bits per heavy atom. The van der Waals surface area contributed by atoms with Gasteiger partial charge in [0.25, 0.3) is 5.69 Å². The lowest BCUT2D eigenvalue weighted by atomic mass is 10.1. The van der Waals surface area contributed by atoms with Crippen molar-refractivity contribution in [3.63, 3.8) is 0 Å². The van der Waals surface area contributed by atoms with Crippen molar-refractivity contribution in [1.29, 1.82) is 0 Å². The summed E-state index contributed by atoms with van der Waals surface area (Å²) in [6.07, 6.45) is 0.875. The molecule has 5 aromatic rings. The smallest absolute Gasteiger partial charge is 0.415 e. The van der Waals surface area contributed by atoms with Gasteiger partial charge in [0, 0.05) is 42.9 Å². The number of fused-ring (bicyclic) bond motifs is 1. The van der Waals surface area contributed by atoms with Crippen molar-refractivity contribution in [3.8, 4) is 28.5 Å². The molecule has 0 radical (unpaired) electrons. The van der Waals surface area contributed by atoms with Gasteiger partial charge in [0.15, 0.2) is 17.3 Å². The molecule has 12 nitrogen and oxygen atoms in total. The number of nitro groups is 1. The molecule has 1 unspecified atom stereocenters. The fourth-order valence-corrected chi connectivity index (χ4v) is 4.86. The highest BCUT2D eigenvalue weighted by Gasteiger charge is 2.32. The first-order valence-corrected chi connectivity index (χ1v) is 13.0. The number of hydrogen-bond donors (Lipinski definition) is 1. The summed E-state index contributed by atoms with van der Waals surface area (Å²) in [6, 6.07) is 7.57. The predicted octanol–water partition coefficient (Wildman–Crippen LogP) is 5.92. The second-order valence-corrected chi connectivity index (χ2v) is 9.80. The Labute approximate surface area is 248 Å². The molecule has 3 heterocycles. The topological polar surface area (TPSA) is 152 Å². The van der Waals surface area contributed by atoms with Crippen LogP contribution in [0, 0.1) is 39.2 Å². The zero-order chi connectivity index (χ0) is 32.0. The van der Waals surface area contributed by atoms with E-state index in [1.54, 1.807) is 0 Å². The van der Waals surface area contributed by atoms with E-state index >= 15 is 4.39 Å². The molecule has 0 aliphatic carbocycles. The number of anilines is 1. The van der Waals surface area contributed by atoms with Gasteiger partial charge in [0.05, 0.1) is 16.4 Å². The van der Waals surface area contributed by atoms with E-state index in [9.17, 15) is 32.5 Å². The summed E-state index contributed by atoms with van der Waals surface area (Å²) in [5.74, 6) is -9.75. The summed E-state index contributed by atoms with van der Waals surface area (Å²) in [7, 11) is 0. The van der Waals surface area contributed by atoms with E-state index in [4.69, 9.17) is 15.2 Å². The van der Waals surface area contributed by atoms with Crippen LogP contribution in [0.15, 0.2) is 54.9 Å². The zero-order valence-corrected chi connectivity index (χ0v) is 22.6. The number of aromatic nitrogens is 4. The number of carbonyl (C=O) groups excluding carboxylic acids is 1. The number of hydrogen-bond acceptors (Lipinski definition) is 9. The Kier molecular flexibility index (Phi) is 7.35. The molecule has 1 aliphatic heterocycles. The van der Waals surface area contributed by atoms with Gasteiger partial charge < -0.3 is 20.1 Å². The molecular weight excluding hydrogens is 609 g/mol. The Hall–Kier alpha value is -5.87. The molecule has 6 rings (SSSR count). The van der Waals surface area contributed by atoms with Gasteiger partial charge in [-0.05, 0) is 30.7 Å². The number of non-ortho nitro benzene ring substituents is 1. The molecule has 2 aromatic heterocycles. The average molecular weight is 627 g/mol. The van der Waals surface area contributed by atoms with Gasteiger partial charge in [-0.1, -0.05) is 0 Å². The summed E-state index contributed by atoms with van der Waals surface area (Å²) >= 11 is 0. The minimum absolute atomic E-state index is 0.00761. The van der Waals surface area contributed by atoms with Crippen molar-refractivity contribution in [3.05, 3.63) is 94.1 Å². The van der Waals surface area contributed by atoms with E-state index in [1.165, 1.54) is 40.2 Å². The zero-order valence-electron chi connectivity index (χ0n) is 22.6. The van der Waals surface area contributed by atoms with E-state index in [0.717, 1.165) is 18.2 Å². The molecule has 1 atom stereocenters. The van der Waals surface area contributed by atoms with Crippen LogP contribution in [-0.4, -0.2) is 48.8 Å². The highest BCUT2D eigenvalue weighted by atomic mass is 19.2. The fraction of sp³-hybridized carbons (Fsp3) is 0.143. The molecule has 1 saturated heterocycles. The maximum atomic E-state index is 15.4. The molecule has 0 saturated carbocycles. The van der Waals surface area contributed by atoms with Gasteiger partial charge in [0.1, 0.15) is 35.2 Å². The number of nitrogens with two attached hydrogens (primary N) is 1. The molecule has 0 bridgehead atoms. The number of nitrogen functional groups attached to an aromatic ring is 1. The van der Waals surface area contributed by atoms with Gasteiger partial charge in [-0.25, -0.2) is 32.6 Å². The minimum Gasteiger partial charge on any atom is -0.451 e. The van der Waals surface area contributed by atoms with E-state index in [0.29, 0.717) is 6.42 Å².